The number of fused-ring (bicyclic) bond motifs is 1. The van der Waals surface area contributed by atoms with Gasteiger partial charge in [-0.15, -0.1) is 0 Å². The van der Waals surface area contributed by atoms with E-state index >= 15 is 0 Å². The summed E-state index contributed by atoms with van der Waals surface area (Å²) in [6, 6.07) is 12.0. The number of aliphatic imine (C=N–C) groups is 1. The van der Waals surface area contributed by atoms with Crippen LogP contribution in [0.5, 0.6) is 11.5 Å². The number of para-hydroxylation sites is 1. The van der Waals surface area contributed by atoms with E-state index in [0.29, 0.717) is 29.4 Å². The van der Waals surface area contributed by atoms with E-state index in [1.807, 2.05) is 26.1 Å². The van der Waals surface area contributed by atoms with Gasteiger partial charge in [-0.25, -0.2) is 0 Å². The van der Waals surface area contributed by atoms with E-state index < -0.39 is 0 Å². The lowest BCUT2D eigenvalue weighted by molar-refractivity contribution is 0.112. The maximum atomic E-state index is 11.6. The zero-order valence-electron chi connectivity index (χ0n) is 19.6. The zero-order chi connectivity index (χ0) is 22.6. The number of benzene rings is 2. The largest absolute Gasteiger partial charge is 0.493 e. The van der Waals surface area contributed by atoms with E-state index in [2.05, 4.69) is 42.1 Å². The number of likely N-dealkylation sites (N-methyl/N-ethyl adjacent to an activating group) is 1. The van der Waals surface area contributed by atoms with Gasteiger partial charge in [-0.3, -0.25) is 9.79 Å². The first kappa shape index (κ1) is 24.4. The molecule has 0 aromatic heterocycles. The Morgan fingerprint density at radius 1 is 1.13 bits per heavy atom. The molecule has 0 saturated heterocycles. The van der Waals surface area contributed by atoms with Gasteiger partial charge in [-0.05, 0) is 30.5 Å². The highest BCUT2D eigenvalue weighted by Crippen LogP contribution is 2.35. The van der Waals surface area contributed by atoms with Crippen molar-refractivity contribution in [2.45, 2.75) is 58.9 Å². The van der Waals surface area contributed by atoms with Gasteiger partial charge in [-0.2, -0.15) is 0 Å². The average molecular weight is 425 g/mol. The number of nitrogens with zero attached hydrogens (tertiary/aromatic N) is 2. The third-order valence-electron chi connectivity index (χ3n) is 5.38. The average Bonchev–Trinajstić information content (AvgIpc) is 3.14. The van der Waals surface area contributed by atoms with Crippen LogP contribution in [0.1, 0.15) is 62.4 Å². The summed E-state index contributed by atoms with van der Waals surface area (Å²) in [6.45, 7) is 6.81. The molecule has 5 heteroatoms. The number of hydrogen-bond donors (Lipinski definition) is 0. The van der Waals surface area contributed by atoms with Gasteiger partial charge in [0.15, 0.2) is 17.8 Å². The fraction of sp³-hybridized carbons (Fsp3) is 0.462. The van der Waals surface area contributed by atoms with Gasteiger partial charge in [-0.1, -0.05) is 58.2 Å². The van der Waals surface area contributed by atoms with Crippen molar-refractivity contribution in [3.63, 3.8) is 0 Å². The van der Waals surface area contributed by atoms with E-state index in [4.69, 9.17) is 9.47 Å². The van der Waals surface area contributed by atoms with Crippen LogP contribution in [-0.4, -0.2) is 39.3 Å². The molecule has 1 atom stereocenters. The molecule has 0 aliphatic carbocycles. The first-order valence-corrected chi connectivity index (χ1v) is 11.3. The summed E-state index contributed by atoms with van der Waals surface area (Å²) in [5, 5.41) is 0. The first-order valence-electron chi connectivity index (χ1n) is 11.3. The van der Waals surface area contributed by atoms with Crippen LogP contribution in [0.25, 0.3) is 0 Å². The van der Waals surface area contributed by atoms with Crippen LogP contribution < -0.4 is 14.4 Å². The Morgan fingerprint density at radius 3 is 2.58 bits per heavy atom. The summed E-state index contributed by atoms with van der Waals surface area (Å²) < 4.78 is 11.3. The molecule has 0 unspecified atom stereocenters. The molecule has 0 radical (unpaired) electrons. The summed E-state index contributed by atoms with van der Waals surface area (Å²) in [6.07, 6.45) is 8.17. The Balaban J connectivity index is 0.00000166. The van der Waals surface area contributed by atoms with Crippen LogP contribution in [0.2, 0.25) is 0 Å². The molecule has 5 nitrogen and oxygen atoms in total. The third-order valence-corrected chi connectivity index (χ3v) is 5.38. The minimum absolute atomic E-state index is 0.160. The summed E-state index contributed by atoms with van der Waals surface area (Å²) in [5.41, 5.74) is 3.64. The van der Waals surface area contributed by atoms with E-state index in [9.17, 15) is 4.79 Å². The van der Waals surface area contributed by atoms with E-state index in [1.54, 1.807) is 19.2 Å². The van der Waals surface area contributed by atoms with Crippen molar-refractivity contribution in [2.24, 2.45) is 4.99 Å². The van der Waals surface area contributed by atoms with Crippen LogP contribution in [0.4, 0.5) is 11.4 Å². The number of rotatable bonds is 10. The quantitative estimate of drug-likeness (QED) is 0.257. The van der Waals surface area contributed by atoms with Gasteiger partial charge >= 0.3 is 0 Å². The third kappa shape index (κ3) is 6.33. The van der Waals surface area contributed by atoms with Crippen molar-refractivity contribution in [1.29, 1.82) is 0 Å². The number of hydrogen-bond acceptors (Lipinski definition) is 5. The van der Waals surface area contributed by atoms with Crippen molar-refractivity contribution in [2.75, 3.05) is 25.7 Å². The highest BCUT2D eigenvalue weighted by molar-refractivity contribution is 5.88. The summed E-state index contributed by atoms with van der Waals surface area (Å²) in [4.78, 5) is 18.5. The van der Waals surface area contributed by atoms with Gasteiger partial charge in [0.05, 0.1) is 25.4 Å². The molecule has 0 fully saturated rings. The second kappa shape index (κ2) is 12.8. The zero-order valence-corrected chi connectivity index (χ0v) is 19.6. The number of unbranched alkanes of at least 4 members (excludes halogenated alkanes) is 3. The number of anilines is 1. The molecule has 0 amide bonds. The standard InChI is InChI=1S/C24H30N2O3.C2H6/c1-4-5-6-9-12-29-24-15-21(19(17-27)14-23(24)28-3)25-16-20-13-18-10-7-8-11-22(18)26(20)2;1-2/h7-8,10-11,14-17,20H,4-6,9,12-13H2,1-3H3;1-2H3/t20-;/m0./s1. The van der Waals surface area contributed by atoms with Crippen LogP contribution >= 0.6 is 0 Å². The molecule has 1 aliphatic rings. The molecule has 168 valence electrons. The summed E-state index contributed by atoms with van der Waals surface area (Å²) >= 11 is 0. The van der Waals surface area contributed by atoms with Gasteiger partial charge < -0.3 is 14.4 Å². The highest BCUT2D eigenvalue weighted by atomic mass is 16.5. The van der Waals surface area contributed by atoms with Gasteiger partial charge in [0.2, 0.25) is 0 Å². The van der Waals surface area contributed by atoms with Crippen molar-refractivity contribution < 1.29 is 14.3 Å². The Labute approximate surface area is 187 Å². The van der Waals surface area contributed by atoms with Gasteiger partial charge in [0.25, 0.3) is 0 Å². The molecular formula is C26H36N2O3. The molecule has 31 heavy (non-hydrogen) atoms. The normalized spacial score (nSPS) is 14.7. The van der Waals surface area contributed by atoms with Crippen LogP contribution in [0.15, 0.2) is 41.4 Å². The number of ether oxygens (including phenoxy) is 2. The lowest BCUT2D eigenvalue weighted by Crippen LogP contribution is -2.28. The Morgan fingerprint density at radius 2 is 1.90 bits per heavy atom. The second-order valence-electron chi connectivity index (χ2n) is 7.38. The van der Waals surface area contributed by atoms with Crippen molar-refractivity contribution in [1.82, 2.24) is 0 Å². The van der Waals surface area contributed by atoms with Crippen molar-refractivity contribution in [3.8, 4) is 11.5 Å². The van der Waals surface area contributed by atoms with Crippen LogP contribution in [0.3, 0.4) is 0 Å². The Kier molecular flexibility index (Phi) is 10.1. The molecule has 2 aromatic carbocycles. The van der Waals surface area contributed by atoms with Gasteiger partial charge in [0, 0.05) is 30.6 Å². The molecule has 1 heterocycles. The Bertz CT molecular complexity index is 864. The molecule has 0 N–H and O–H groups in total. The summed E-state index contributed by atoms with van der Waals surface area (Å²) in [7, 11) is 3.66. The fourth-order valence-corrected chi connectivity index (χ4v) is 3.64. The number of methoxy groups -OCH3 is 1. The minimum Gasteiger partial charge on any atom is -0.493 e. The molecule has 0 saturated carbocycles. The summed E-state index contributed by atoms with van der Waals surface area (Å²) in [5.74, 6) is 1.19. The number of aldehydes is 1. The second-order valence-corrected chi connectivity index (χ2v) is 7.38. The Hall–Kier alpha value is -2.82. The van der Waals surface area contributed by atoms with E-state index in [1.165, 1.54) is 24.1 Å². The maximum absolute atomic E-state index is 11.6. The number of carbonyl (C=O) groups excluding carboxylic acids is 1. The maximum Gasteiger partial charge on any atom is 0.163 e. The molecule has 3 rings (SSSR count). The topological polar surface area (TPSA) is 51.1 Å². The molecule has 0 spiro atoms. The first-order chi connectivity index (χ1) is 15.2. The van der Waals surface area contributed by atoms with E-state index in [-0.39, 0.29) is 6.04 Å². The predicted molar refractivity (Wildman–Crippen MR) is 130 cm³/mol. The molecule has 2 aromatic rings. The van der Waals surface area contributed by atoms with Crippen LogP contribution in [-0.2, 0) is 6.42 Å². The highest BCUT2D eigenvalue weighted by Gasteiger charge is 2.24. The fourth-order valence-electron chi connectivity index (χ4n) is 3.64. The lowest BCUT2D eigenvalue weighted by Gasteiger charge is -2.19. The SMILES string of the molecule is CC.CCCCCCOc1cc(N=C[C@@H]2Cc3ccccc3N2C)c(C=O)cc1OC. The molecule has 0 bridgehead atoms. The van der Waals surface area contributed by atoms with Gasteiger partial charge in [0.1, 0.15) is 0 Å². The van der Waals surface area contributed by atoms with Crippen LogP contribution in [0, 0.1) is 0 Å². The lowest BCUT2D eigenvalue weighted by atomic mass is 10.1. The van der Waals surface area contributed by atoms with Crippen molar-refractivity contribution >= 4 is 23.9 Å². The monoisotopic (exact) mass is 424 g/mol. The smallest absolute Gasteiger partial charge is 0.163 e. The minimum atomic E-state index is 0.160. The van der Waals surface area contributed by atoms with E-state index in [0.717, 1.165) is 25.5 Å². The molecule has 1 aliphatic heterocycles. The predicted octanol–water partition coefficient (Wildman–Crippen LogP) is 6.26. The molecular weight excluding hydrogens is 388 g/mol. The van der Waals surface area contributed by atoms with Crippen molar-refractivity contribution in [3.05, 3.63) is 47.5 Å². The number of carbonyl (C=O) groups is 1.